The fourth-order valence-corrected chi connectivity index (χ4v) is 2.42. The van der Waals surface area contributed by atoms with E-state index >= 15 is 0 Å². The molecule has 2 unspecified atom stereocenters. The van der Waals surface area contributed by atoms with Crippen molar-refractivity contribution in [2.75, 3.05) is 30.8 Å². The Bertz CT molecular complexity index is 429. The smallest absolute Gasteiger partial charge is 0.323 e. The van der Waals surface area contributed by atoms with E-state index in [4.69, 9.17) is 4.74 Å². The van der Waals surface area contributed by atoms with Gasteiger partial charge in [0.15, 0.2) is 0 Å². The highest BCUT2D eigenvalue weighted by molar-refractivity contribution is 5.35. The van der Waals surface area contributed by atoms with E-state index in [9.17, 15) is 5.11 Å². The summed E-state index contributed by atoms with van der Waals surface area (Å²) in [6.45, 7) is 3.16. The van der Waals surface area contributed by atoms with Crippen LogP contribution in [0.2, 0.25) is 0 Å². The zero-order valence-electron chi connectivity index (χ0n) is 12.1. The van der Waals surface area contributed by atoms with Crippen molar-refractivity contribution in [3.8, 4) is 6.01 Å². The van der Waals surface area contributed by atoms with E-state index in [0.717, 1.165) is 32.2 Å². The first-order valence-electron chi connectivity index (χ1n) is 7.19. The van der Waals surface area contributed by atoms with E-state index in [2.05, 4.69) is 25.6 Å². The number of hydrogen-bond donors (Lipinski definition) is 3. The fraction of sp³-hybridized carbons (Fsp3) is 0.769. The van der Waals surface area contributed by atoms with Crippen LogP contribution in [0.5, 0.6) is 6.01 Å². The standard InChI is InChI=1S/C13H23N5O2/c1-3-20-13-17-11(14-2)16-12(18-13)15-8-9-5-4-6-10(19)7-9/h9-10,19H,3-8H2,1-2H3,(H2,14,15,16,17,18). The monoisotopic (exact) mass is 281 g/mol. The molecule has 2 atom stereocenters. The van der Waals surface area contributed by atoms with Crippen molar-refractivity contribution in [1.82, 2.24) is 15.0 Å². The molecule has 0 amide bonds. The Hall–Kier alpha value is -1.63. The number of nitrogens with zero attached hydrogens (tertiary/aromatic N) is 3. The molecule has 0 spiro atoms. The summed E-state index contributed by atoms with van der Waals surface area (Å²) in [5.74, 6) is 1.45. The van der Waals surface area contributed by atoms with Crippen molar-refractivity contribution in [2.45, 2.75) is 38.7 Å². The summed E-state index contributed by atoms with van der Waals surface area (Å²) in [6.07, 6.45) is 3.81. The second kappa shape index (κ2) is 7.23. The molecule has 1 aromatic heterocycles. The minimum Gasteiger partial charge on any atom is -0.464 e. The Balaban J connectivity index is 1.95. The van der Waals surface area contributed by atoms with Crippen molar-refractivity contribution in [2.24, 2.45) is 5.92 Å². The molecule has 7 heteroatoms. The quantitative estimate of drug-likeness (QED) is 0.723. The van der Waals surface area contributed by atoms with Crippen LogP contribution in [-0.2, 0) is 0 Å². The molecule has 20 heavy (non-hydrogen) atoms. The van der Waals surface area contributed by atoms with Crippen molar-refractivity contribution >= 4 is 11.9 Å². The maximum Gasteiger partial charge on any atom is 0.323 e. The normalized spacial score (nSPS) is 22.4. The minimum atomic E-state index is -0.166. The molecule has 1 aliphatic rings. The second-order valence-electron chi connectivity index (χ2n) is 5.02. The molecule has 1 heterocycles. The van der Waals surface area contributed by atoms with Crippen molar-refractivity contribution in [3.05, 3.63) is 0 Å². The van der Waals surface area contributed by atoms with Gasteiger partial charge in [-0.3, -0.25) is 0 Å². The van der Waals surface area contributed by atoms with Crippen molar-refractivity contribution < 1.29 is 9.84 Å². The van der Waals surface area contributed by atoms with E-state index in [1.54, 1.807) is 7.05 Å². The third-order valence-electron chi connectivity index (χ3n) is 3.42. The summed E-state index contributed by atoms with van der Waals surface area (Å²) in [5, 5.41) is 15.8. The molecule has 0 aliphatic heterocycles. The van der Waals surface area contributed by atoms with Crippen LogP contribution in [0.4, 0.5) is 11.9 Å². The first-order valence-corrected chi connectivity index (χ1v) is 7.19. The topological polar surface area (TPSA) is 92.2 Å². The van der Waals surface area contributed by atoms with E-state index in [1.165, 1.54) is 0 Å². The Morgan fingerprint density at radius 2 is 2.05 bits per heavy atom. The third kappa shape index (κ3) is 4.19. The van der Waals surface area contributed by atoms with Gasteiger partial charge in [-0.15, -0.1) is 0 Å². The van der Waals surface area contributed by atoms with Crippen LogP contribution >= 0.6 is 0 Å². The van der Waals surface area contributed by atoms with Gasteiger partial charge in [0.05, 0.1) is 12.7 Å². The summed E-state index contributed by atoms with van der Waals surface area (Å²) in [4.78, 5) is 12.6. The van der Waals surface area contributed by atoms with E-state index < -0.39 is 0 Å². The molecular weight excluding hydrogens is 258 g/mol. The Morgan fingerprint density at radius 1 is 1.25 bits per heavy atom. The molecule has 1 saturated carbocycles. The highest BCUT2D eigenvalue weighted by Gasteiger charge is 2.20. The second-order valence-corrected chi connectivity index (χ2v) is 5.02. The molecular formula is C13H23N5O2. The highest BCUT2D eigenvalue weighted by Crippen LogP contribution is 2.24. The van der Waals surface area contributed by atoms with Gasteiger partial charge in [-0.05, 0) is 32.1 Å². The molecule has 112 valence electrons. The molecule has 2 rings (SSSR count). The summed E-state index contributed by atoms with van der Waals surface area (Å²) in [7, 11) is 1.76. The third-order valence-corrected chi connectivity index (χ3v) is 3.42. The number of aliphatic hydroxyl groups is 1. The van der Waals surface area contributed by atoms with E-state index in [1.807, 2.05) is 6.92 Å². The van der Waals surface area contributed by atoms with Gasteiger partial charge in [0.1, 0.15) is 0 Å². The van der Waals surface area contributed by atoms with Gasteiger partial charge in [-0.1, -0.05) is 6.42 Å². The van der Waals surface area contributed by atoms with Gasteiger partial charge in [0.2, 0.25) is 11.9 Å². The number of hydrogen-bond acceptors (Lipinski definition) is 7. The molecule has 1 aliphatic carbocycles. The first-order chi connectivity index (χ1) is 9.71. The minimum absolute atomic E-state index is 0.166. The van der Waals surface area contributed by atoms with Crippen LogP contribution < -0.4 is 15.4 Å². The number of anilines is 2. The summed E-state index contributed by atoms with van der Waals surface area (Å²) in [6, 6.07) is 0.318. The van der Waals surface area contributed by atoms with Gasteiger partial charge < -0.3 is 20.5 Å². The Labute approximate surface area is 119 Å². The average Bonchev–Trinajstić information content (AvgIpc) is 2.45. The summed E-state index contributed by atoms with van der Waals surface area (Å²) < 4.78 is 5.32. The maximum atomic E-state index is 9.67. The predicted octanol–water partition coefficient (Wildman–Crippen LogP) is 1.27. The van der Waals surface area contributed by atoms with Crippen molar-refractivity contribution in [3.63, 3.8) is 0 Å². The lowest BCUT2D eigenvalue weighted by atomic mass is 9.87. The van der Waals surface area contributed by atoms with E-state index in [-0.39, 0.29) is 6.10 Å². The molecule has 1 fully saturated rings. The van der Waals surface area contributed by atoms with Gasteiger partial charge in [-0.2, -0.15) is 15.0 Å². The SMILES string of the molecule is CCOc1nc(NC)nc(NCC2CCCC(O)C2)n1. The van der Waals surface area contributed by atoms with Crippen molar-refractivity contribution in [1.29, 1.82) is 0 Å². The summed E-state index contributed by atoms with van der Waals surface area (Å²) >= 11 is 0. The molecule has 3 N–H and O–H groups in total. The fourth-order valence-electron chi connectivity index (χ4n) is 2.42. The number of rotatable bonds is 6. The van der Waals surface area contributed by atoms with Crippen LogP contribution in [0.1, 0.15) is 32.6 Å². The maximum absolute atomic E-state index is 9.67. The Morgan fingerprint density at radius 3 is 2.75 bits per heavy atom. The lowest BCUT2D eigenvalue weighted by Gasteiger charge is -2.25. The largest absolute Gasteiger partial charge is 0.464 e. The molecule has 1 aromatic rings. The van der Waals surface area contributed by atoms with Crippen LogP contribution in [0, 0.1) is 5.92 Å². The van der Waals surface area contributed by atoms with Gasteiger partial charge in [0.25, 0.3) is 0 Å². The average molecular weight is 281 g/mol. The van der Waals surface area contributed by atoms with E-state index in [0.29, 0.717) is 30.4 Å². The molecule has 0 radical (unpaired) electrons. The van der Waals surface area contributed by atoms with Crippen LogP contribution in [0.3, 0.4) is 0 Å². The Kier molecular flexibility index (Phi) is 5.34. The van der Waals surface area contributed by atoms with Gasteiger partial charge >= 0.3 is 6.01 Å². The number of ether oxygens (including phenoxy) is 1. The zero-order valence-corrected chi connectivity index (χ0v) is 12.1. The molecule has 0 bridgehead atoms. The zero-order chi connectivity index (χ0) is 14.4. The predicted molar refractivity (Wildman–Crippen MR) is 77.0 cm³/mol. The van der Waals surface area contributed by atoms with Gasteiger partial charge in [0, 0.05) is 13.6 Å². The highest BCUT2D eigenvalue weighted by atomic mass is 16.5. The number of nitrogens with one attached hydrogen (secondary N) is 2. The molecule has 0 aromatic carbocycles. The van der Waals surface area contributed by atoms with Crippen LogP contribution in [-0.4, -0.2) is 46.4 Å². The lowest BCUT2D eigenvalue weighted by molar-refractivity contribution is 0.104. The van der Waals surface area contributed by atoms with Crippen LogP contribution in [0.25, 0.3) is 0 Å². The van der Waals surface area contributed by atoms with Gasteiger partial charge in [-0.25, -0.2) is 0 Å². The first kappa shape index (κ1) is 14.8. The lowest BCUT2D eigenvalue weighted by Crippen LogP contribution is -2.25. The number of aliphatic hydroxyl groups excluding tert-OH is 1. The molecule has 0 saturated heterocycles. The summed E-state index contributed by atoms with van der Waals surface area (Å²) in [5.41, 5.74) is 0. The molecule has 7 nitrogen and oxygen atoms in total. The number of aromatic nitrogens is 3. The van der Waals surface area contributed by atoms with Crippen LogP contribution in [0.15, 0.2) is 0 Å².